The molecule has 8 heteroatoms. The van der Waals surface area contributed by atoms with Gasteiger partial charge in [0.15, 0.2) is 5.03 Å². The molecule has 0 aliphatic carbocycles. The first-order chi connectivity index (χ1) is 7.29. The van der Waals surface area contributed by atoms with E-state index in [1.54, 1.807) is 0 Å². The number of imidazole rings is 1. The van der Waals surface area contributed by atoms with Crippen LogP contribution in [0.15, 0.2) is 17.6 Å². The molecule has 1 heterocycles. The lowest BCUT2D eigenvalue weighted by Crippen LogP contribution is -2.32. The Labute approximate surface area is 98.0 Å². The van der Waals surface area contributed by atoms with E-state index in [1.807, 2.05) is 13.8 Å². The van der Waals surface area contributed by atoms with Crippen LogP contribution < -0.4 is 5.32 Å². The second-order valence-electron chi connectivity index (χ2n) is 3.54. The maximum absolute atomic E-state index is 11.3. The second kappa shape index (κ2) is 4.84. The van der Waals surface area contributed by atoms with E-state index in [0.717, 1.165) is 0 Å². The van der Waals surface area contributed by atoms with Gasteiger partial charge in [0.1, 0.15) is 6.54 Å². The third kappa shape index (κ3) is 3.82. The summed E-state index contributed by atoms with van der Waals surface area (Å²) in [7, 11) is 1.26. The van der Waals surface area contributed by atoms with Crippen molar-refractivity contribution in [1.82, 2.24) is 14.9 Å². The van der Waals surface area contributed by atoms with Gasteiger partial charge < -0.3 is 9.88 Å². The molecule has 0 radical (unpaired) electrons. The topological polar surface area (TPSA) is 81.1 Å². The number of hydrogen-bond acceptors (Lipinski definition) is 4. The molecule has 0 atom stereocenters. The maximum atomic E-state index is 11.3. The summed E-state index contributed by atoms with van der Waals surface area (Å²) in [5.41, 5.74) is 0. The van der Waals surface area contributed by atoms with Crippen molar-refractivity contribution in [3.05, 3.63) is 12.5 Å². The molecule has 1 amide bonds. The molecule has 0 spiro atoms. The first kappa shape index (κ1) is 13.0. The Morgan fingerprint density at radius 3 is 2.69 bits per heavy atom. The minimum absolute atomic E-state index is 0.0115. The van der Waals surface area contributed by atoms with Crippen LogP contribution in [0.1, 0.15) is 13.8 Å². The molecule has 1 aromatic heterocycles. The van der Waals surface area contributed by atoms with Gasteiger partial charge in [-0.15, -0.1) is 0 Å². The Morgan fingerprint density at radius 1 is 1.62 bits per heavy atom. The number of halogens is 1. The summed E-state index contributed by atoms with van der Waals surface area (Å²) < 4.78 is 23.2. The van der Waals surface area contributed by atoms with E-state index in [-0.39, 0.29) is 23.5 Å². The molecule has 16 heavy (non-hydrogen) atoms. The Kier molecular flexibility index (Phi) is 3.93. The third-order valence-electron chi connectivity index (χ3n) is 1.64. The van der Waals surface area contributed by atoms with E-state index in [4.69, 9.17) is 10.7 Å². The van der Waals surface area contributed by atoms with Crippen LogP contribution in [-0.4, -0.2) is 29.9 Å². The van der Waals surface area contributed by atoms with Crippen molar-refractivity contribution in [3.63, 3.8) is 0 Å². The van der Waals surface area contributed by atoms with Crippen LogP contribution in [0.25, 0.3) is 0 Å². The maximum Gasteiger partial charge on any atom is 0.280 e. The predicted octanol–water partition coefficient (Wildman–Crippen LogP) is 0.335. The van der Waals surface area contributed by atoms with Gasteiger partial charge in [0.25, 0.3) is 9.05 Å². The molecule has 0 aliphatic heterocycles. The summed E-state index contributed by atoms with van der Waals surface area (Å²) in [6, 6.07) is 0.0345. The van der Waals surface area contributed by atoms with E-state index < -0.39 is 9.05 Å². The van der Waals surface area contributed by atoms with Crippen LogP contribution in [0.4, 0.5) is 0 Å². The van der Waals surface area contributed by atoms with Crippen LogP contribution in [-0.2, 0) is 20.4 Å². The van der Waals surface area contributed by atoms with Crippen LogP contribution in [0.3, 0.4) is 0 Å². The zero-order chi connectivity index (χ0) is 12.3. The van der Waals surface area contributed by atoms with E-state index in [2.05, 4.69) is 10.3 Å². The quantitative estimate of drug-likeness (QED) is 0.796. The molecule has 0 fully saturated rings. The molecule has 0 saturated carbocycles. The van der Waals surface area contributed by atoms with Crippen molar-refractivity contribution in [2.45, 2.75) is 31.5 Å². The second-order valence-corrected chi connectivity index (χ2v) is 6.06. The van der Waals surface area contributed by atoms with E-state index in [0.29, 0.717) is 0 Å². The fourth-order valence-electron chi connectivity index (χ4n) is 1.09. The van der Waals surface area contributed by atoms with Crippen LogP contribution in [0, 0.1) is 0 Å². The molecule has 0 unspecified atom stereocenters. The number of carbonyl (C=O) groups excluding carboxylic acids is 1. The monoisotopic (exact) mass is 265 g/mol. The minimum atomic E-state index is -3.83. The summed E-state index contributed by atoms with van der Waals surface area (Å²) in [5, 5.41) is 2.41. The van der Waals surface area contributed by atoms with Crippen molar-refractivity contribution < 1.29 is 13.2 Å². The number of carbonyl (C=O) groups is 1. The molecule has 1 aromatic rings. The summed E-state index contributed by atoms with van der Waals surface area (Å²) in [4.78, 5) is 14.9. The lowest BCUT2D eigenvalue weighted by atomic mass is 10.4. The van der Waals surface area contributed by atoms with E-state index >= 15 is 0 Å². The summed E-state index contributed by atoms with van der Waals surface area (Å²) in [6.45, 7) is 3.68. The van der Waals surface area contributed by atoms with Crippen LogP contribution in [0.2, 0.25) is 0 Å². The Bertz CT molecular complexity index is 480. The number of nitrogens with one attached hydrogen (secondary N) is 1. The highest BCUT2D eigenvalue weighted by Crippen LogP contribution is 2.10. The first-order valence-corrected chi connectivity index (χ1v) is 6.86. The zero-order valence-electron chi connectivity index (χ0n) is 8.84. The molecule has 6 nitrogen and oxygen atoms in total. The Hall–Kier alpha value is -1.08. The van der Waals surface area contributed by atoms with Crippen molar-refractivity contribution >= 4 is 25.6 Å². The van der Waals surface area contributed by atoms with Gasteiger partial charge in [0.2, 0.25) is 5.91 Å². The minimum Gasteiger partial charge on any atom is -0.352 e. The number of aromatic nitrogens is 2. The number of amides is 1. The number of nitrogens with zero attached hydrogens (tertiary/aromatic N) is 2. The first-order valence-electron chi connectivity index (χ1n) is 4.55. The van der Waals surface area contributed by atoms with Gasteiger partial charge >= 0.3 is 0 Å². The van der Waals surface area contributed by atoms with Crippen LogP contribution >= 0.6 is 10.7 Å². The van der Waals surface area contributed by atoms with Crippen molar-refractivity contribution in [1.29, 1.82) is 0 Å². The smallest absolute Gasteiger partial charge is 0.280 e. The van der Waals surface area contributed by atoms with Gasteiger partial charge in [0.05, 0.1) is 6.33 Å². The lowest BCUT2D eigenvalue weighted by Gasteiger charge is -2.07. The molecule has 0 aliphatic rings. The summed E-state index contributed by atoms with van der Waals surface area (Å²) >= 11 is 0. The standard InChI is InChI=1S/C8H12ClN3O3S/c1-6(2)11-7(13)3-12-4-8(10-5-12)16(9,14)15/h4-6H,3H2,1-2H3,(H,11,13). The average Bonchev–Trinajstić information content (AvgIpc) is 2.49. The number of rotatable bonds is 4. The molecule has 90 valence electrons. The Morgan fingerprint density at radius 2 is 2.25 bits per heavy atom. The SMILES string of the molecule is CC(C)NC(=O)Cn1cnc(S(=O)(=O)Cl)c1. The molecule has 0 aromatic carbocycles. The van der Waals surface area contributed by atoms with Crippen molar-refractivity contribution in [3.8, 4) is 0 Å². The fourth-order valence-corrected chi connectivity index (χ4v) is 1.76. The van der Waals surface area contributed by atoms with Crippen molar-refractivity contribution in [2.75, 3.05) is 0 Å². The Balaban J connectivity index is 2.70. The molecule has 1 rings (SSSR count). The summed E-state index contributed by atoms with van der Waals surface area (Å²) in [5.74, 6) is -0.217. The van der Waals surface area contributed by atoms with Gasteiger partial charge in [-0.05, 0) is 13.8 Å². The van der Waals surface area contributed by atoms with E-state index in [9.17, 15) is 13.2 Å². The highest BCUT2D eigenvalue weighted by molar-refractivity contribution is 8.13. The predicted molar refractivity (Wildman–Crippen MR) is 58.5 cm³/mol. The highest BCUT2D eigenvalue weighted by Gasteiger charge is 2.14. The van der Waals surface area contributed by atoms with Gasteiger partial charge in [-0.1, -0.05) is 0 Å². The molecule has 0 bridgehead atoms. The van der Waals surface area contributed by atoms with Gasteiger partial charge in [0, 0.05) is 22.9 Å². The molecule has 0 saturated heterocycles. The van der Waals surface area contributed by atoms with Gasteiger partial charge in [-0.3, -0.25) is 4.79 Å². The fraction of sp³-hybridized carbons (Fsp3) is 0.500. The van der Waals surface area contributed by atoms with E-state index in [1.165, 1.54) is 17.1 Å². The normalized spacial score (nSPS) is 11.8. The lowest BCUT2D eigenvalue weighted by molar-refractivity contribution is -0.122. The van der Waals surface area contributed by atoms with Crippen molar-refractivity contribution in [2.24, 2.45) is 0 Å². The number of hydrogen-bond donors (Lipinski definition) is 1. The third-order valence-corrected chi connectivity index (χ3v) is 2.82. The average molecular weight is 266 g/mol. The molecule has 1 N–H and O–H groups in total. The van der Waals surface area contributed by atoms with Gasteiger partial charge in [-0.2, -0.15) is 0 Å². The highest BCUT2D eigenvalue weighted by atomic mass is 35.7. The summed E-state index contributed by atoms with van der Waals surface area (Å²) in [6.07, 6.45) is 2.46. The zero-order valence-corrected chi connectivity index (χ0v) is 10.4. The molecular formula is C8H12ClN3O3S. The van der Waals surface area contributed by atoms with Crippen LogP contribution in [0.5, 0.6) is 0 Å². The largest absolute Gasteiger partial charge is 0.352 e. The van der Waals surface area contributed by atoms with Gasteiger partial charge in [-0.25, -0.2) is 13.4 Å². The molecular weight excluding hydrogens is 254 g/mol.